The summed E-state index contributed by atoms with van der Waals surface area (Å²) in [6.07, 6.45) is -0.0811. The summed E-state index contributed by atoms with van der Waals surface area (Å²) in [4.78, 5) is 0. The number of nitrogens with two attached hydrogens (primary N) is 2. The first-order valence-corrected chi connectivity index (χ1v) is 4.10. The largest absolute Gasteiger partial charge is 0.310 e. The Labute approximate surface area is 71.9 Å². The van der Waals surface area contributed by atoms with Gasteiger partial charge in [-0.15, -0.1) is 0 Å². The third-order valence-corrected chi connectivity index (χ3v) is 2.54. The van der Waals surface area contributed by atoms with E-state index < -0.39 is 0 Å². The molecule has 2 rings (SSSR count). The van der Waals surface area contributed by atoms with Crippen LogP contribution in [0.3, 0.4) is 0 Å². The molecule has 0 aromatic heterocycles. The highest BCUT2D eigenvalue weighted by atomic mass is 15.5. The second kappa shape index (κ2) is 2.47. The van der Waals surface area contributed by atoms with E-state index in [4.69, 9.17) is 11.6 Å². The van der Waals surface area contributed by atoms with Crippen molar-refractivity contribution in [3.63, 3.8) is 0 Å². The van der Waals surface area contributed by atoms with Gasteiger partial charge in [0.15, 0.2) is 0 Å². The molecule has 12 heavy (non-hydrogen) atoms. The molecule has 2 atom stereocenters. The Balaban J connectivity index is 2.52. The molecule has 2 unspecified atom stereocenters. The molecule has 1 heterocycles. The van der Waals surface area contributed by atoms with Crippen molar-refractivity contribution >= 4 is 5.69 Å². The van der Waals surface area contributed by atoms with E-state index in [0.29, 0.717) is 5.92 Å². The van der Waals surface area contributed by atoms with E-state index in [1.165, 1.54) is 5.56 Å². The first kappa shape index (κ1) is 7.58. The van der Waals surface area contributed by atoms with Crippen molar-refractivity contribution in [1.82, 2.24) is 0 Å². The second-order valence-electron chi connectivity index (χ2n) is 3.25. The second-order valence-corrected chi connectivity index (χ2v) is 3.25. The molecule has 0 aliphatic carbocycles. The van der Waals surface area contributed by atoms with E-state index >= 15 is 0 Å². The summed E-state index contributed by atoms with van der Waals surface area (Å²) in [6.45, 7) is 2.09. The van der Waals surface area contributed by atoms with Crippen molar-refractivity contribution in [1.29, 1.82) is 0 Å². The molecule has 0 fully saturated rings. The van der Waals surface area contributed by atoms with Crippen molar-refractivity contribution in [3.8, 4) is 0 Å². The number of nitrogens with zero attached hydrogens (tertiary/aromatic N) is 1. The van der Waals surface area contributed by atoms with Crippen LogP contribution in [0.25, 0.3) is 0 Å². The van der Waals surface area contributed by atoms with Gasteiger partial charge in [0.25, 0.3) is 0 Å². The predicted molar refractivity (Wildman–Crippen MR) is 49.5 cm³/mol. The summed E-state index contributed by atoms with van der Waals surface area (Å²) in [5.74, 6) is 6.11. The number of para-hydroxylation sites is 1. The van der Waals surface area contributed by atoms with E-state index in [2.05, 4.69) is 13.0 Å². The molecule has 0 radical (unpaired) electrons. The number of hydrogen-bond donors (Lipinski definition) is 2. The maximum Gasteiger partial charge on any atom is 0.0988 e. The van der Waals surface area contributed by atoms with Crippen LogP contribution in [0.15, 0.2) is 24.3 Å². The van der Waals surface area contributed by atoms with Crippen molar-refractivity contribution in [3.05, 3.63) is 29.8 Å². The Kier molecular flexibility index (Phi) is 1.56. The van der Waals surface area contributed by atoms with Crippen LogP contribution in [-0.2, 0) is 0 Å². The number of fused-ring (bicyclic) bond motifs is 1. The standard InChI is InChI=1S/C9H13N3/c1-6-7-4-2-3-5-8(7)12(11)9(6)10/h2-6,9H,10-11H2,1H3. The first-order valence-electron chi connectivity index (χ1n) is 4.10. The van der Waals surface area contributed by atoms with Crippen LogP contribution >= 0.6 is 0 Å². The molecule has 1 aliphatic heterocycles. The topological polar surface area (TPSA) is 55.3 Å². The Hall–Kier alpha value is -1.06. The van der Waals surface area contributed by atoms with Gasteiger partial charge in [-0.2, -0.15) is 0 Å². The SMILES string of the molecule is CC1c2ccccc2N(N)C1N. The highest BCUT2D eigenvalue weighted by molar-refractivity contribution is 5.59. The summed E-state index contributed by atoms with van der Waals surface area (Å²) in [7, 11) is 0. The zero-order valence-electron chi connectivity index (χ0n) is 7.07. The fraction of sp³-hybridized carbons (Fsp3) is 0.333. The zero-order valence-corrected chi connectivity index (χ0v) is 7.07. The maximum atomic E-state index is 5.87. The summed E-state index contributed by atoms with van der Waals surface area (Å²) in [5.41, 5.74) is 8.17. The Bertz CT molecular complexity index is 269. The number of rotatable bonds is 0. The average molecular weight is 163 g/mol. The summed E-state index contributed by atoms with van der Waals surface area (Å²) < 4.78 is 0. The van der Waals surface area contributed by atoms with Crippen LogP contribution in [0.2, 0.25) is 0 Å². The fourth-order valence-corrected chi connectivity index (χ4v) is 1.69. The molecule has 1 aromatic carbocycles. The Morgan fingerprint density at radius 3 is 2.67 bits per heavy atom. The minimum Gasteiger partial charge on any atom is -0.310 e. The smallest absolute Gasteiger partial charge is 0.0988 e. The van der Waals surface area contributed by atoms with Crippen LogP contribution in [-0.4, -0.2) is 6.17 Å². The molecule has 64 valence electrons. The van der Waals surface area contributed by atoms with Gasteiger partial charge in [0.05, 0.1) is 11.9 Å². The Morgan fingerprint density at radius 2 is 2.00 bits per heavy atom. The fourth-order valence-electron chi connectivity index (χ4n) is 1.69. The lowest BCUT2D eigenvalue weighted by Gasteiger charge is -2.19. The van der Waals surface area contributed by atoms with Gasteiger partial charge >= 0.3 is 0 Å². The lowest BCUT2D eigenvalue weighted by Crippen LogP contribution is -2.45. The molecule has 0 bridgehead atoms. The molecule has 0 amide bonds. The molecule has 4 N–H and O–H groups in total. The molecule has 0 spiro atoms. The third-order valence-electron chi connectivity index (χ3n) is 2.54. The minimum atomic E-state index is -0.0811. The van der Waals surface area contributed by atoms with Crippen LogP contribution in [0.4, 0.5) is 5.69 Å². The number of hydrogen-bond acceptors (Lipinski definition) is 3. The highest BCUT2D eigenvalue weighted by Crippen LogP contribution is 2.35. The van der Waals surface area contributed by atoms with E-state index in [1.54, 1.807) is 5.01 Å². The van der Waals surface area contributed by atoms with Gasteiger partial charge in [-0.3, -0.25) is 5.01 Å². The van der Waals surface area contributed by atoms with Gasteiger partial charge in [-0.05, 0) is 11.6 Å². The molecular weight excluding hydrogens is 150 g/mol. The van der Waals surface area contributed by atoms with Gasteiger partial charge < -0.3 is 5.73 Å². The van der Waals surface area contributed by atoms with Gasteiger partial charge in [0.1, 0.15) is 0 Å². The van der Waals surface area contributed by atoms with Crippen molar-refractivity contribution in [2.24, 2.45) is 11.6 Å². The van der Waals surface area contributed by atoms with Crippen molar-refractivity contribution in [2.45, 2.75) is 19.0 Å². The van der Waals surface area contributed by atoms with Gasteiger partial charge in [-0.25, -0.2) is 5.84 Å². The van der Waals surface area contributed by atoms with Crippen molar-refractivity contribution < 1.29 is 0 Å². The Morgan fingerprint density at radius 1 is 1.33 bits per heavy atom. The maximum absolute atomic E-state index is 5.87. The average Bonchev–Trinajstić information content (AvgIpc) is 2.33. The van der Waals surface area contributed by atoms with Crippen LogP contribution in [0.5, 0.6) is 0 Å². The molecule has 3 heteroatoms. The van der Waals surface area contributed by atoms with Gasteiger partial charge in [0.2, 0.25) is 0 Å². The van der Waals surface area contributed by atoms with Crippen LogP contribution < -0.4 is 16.6 Å². The summed E-state index contributed by atoms with van der Waals surface area (Å²) in [5, 5.41) is 1.64. The highest BCUT2D eigenvalue weighted by Gasteiger charge is 2.30. The van der Waals surface area contributed by atoms with Crippen LogP contribution in [0, 0.1) is 0 Å². The van der Waals surface area contributed by atoms with E-state index in [-0.39, 0.29) is 6.17 Å². The number of anilines is 1. The molecule has 0 saturated heterocycles. The number of hydrazine groups is 1. The van der Waals surface area contributed by atoms with Crippen LogP contribution in [0.1, 0.15) is 18.4 Å². The van der Waals surface area contributed by atoms with E-state index in [0.717, 1.165) is 5.69 Å². The summed E-state index contributed by atoms with van der Waals surface area (Å²) >= 11 is 0. The molecule has 0 saturated carbocycles. The third kappa shape index (κ3) is 0.838. The lowest BCUT2D eigenvalue weighted by molar-refractivity contribution is 0.580. The number of benzene rings is 1. The van der Waals surface area contributed by atoms with Gasteiger partial charge in [-0.1, -0.05) is 25.1 Å². The molecule has 1 aliphatic rings. The van der Waals surface area contributed by atoms with Crippen molar-refractivity contribution in [2.75, 3.05) is 5.01 Å². The van der Waals surface area contributed by atoms with E-state index in [1.807, 2.05) is 18.2 Å². The molecule has 3 nitrogen and oxygen atoms in total. The monoisotopic (exact) mass is 163 g/mol. The molecule has 1 aromatic rings. The van der Waals surface area contributed by atoms with E-state index in [9.17, 15) is 0 Å². The predicted octanol–water partition coefficient (Wildman–Crippen LogP) is 0.769. The quantitative estimate of drug-likeness (QED) is 0.555. The zero-order chi connectivity index (χ0) is 8.72. The lowest BCUT2D eigenvalue weighted by atomic mass is 10.0. The molecular formula is C9H13N3. The normalized spacial score (nSPS) is 27.4. The minimum absolute atomic E-state index is 0.0811. The summed E-state index contributed by atoms with van der Waals surface area (Å²) in [6, 6.07) is 8.07. The van der Waals surface area contributed by atoms with Gasteiger partial charge in [0, 0.05) is 5.92 Å². The first-order chi connectivity index (χ1) is 5.72.